The molecule has 14 nitrogen and oxygen atoms in total. The number of carbonyl (C=O) groups excluding carboxylic acids is 2. The van der Waals surface area contributed by atoms with E-state index in [0.29, 0.717) is 37.4 Å². The molecule has 0 bridgehead atoms. The highest BCUT2D eigenvalue weighted by molar-refractivity contribution is 6.07. The molecule has 0 spiro atoms. The van der Waals surface area contributed by atoms with E-state index < -0.39 is 40.9 Å². The second kappa shape index (κ2) is 17.6. The van der Waals surface area contributed by atoms with Gasteiger partial charge in [0.1, 0.15) is 41.9 Å². The van der Waals surface area contributed by atoms with Crippen LogP contribution in [-0.4, -0.2) is 80.4 Å². The van der Waals surface area contributed by atoms with E-state index in [1.807, 2.05) is 6.07 Å². The number of aliphatic hydroxyl groups is 1. The Balaban J connectivity index is 1.71. The van der Waals surface area contributed by atoms with E-state index in [1.165, 1.54) is 25.1 Å². The van der Waals surface area contributed by atoms with E-state index in [0.717, 1.165) is 7.11 Å². The molecule has 0 aromatic heterocycles. The highest BCUT2D eigenvalue weighted by Gasteiger charge is 2.45. The summed E-state index contributed by atoms with van der Waals surface area (Å²) in [5.41, 5.74) is -0.455. The molecule has 0 saturated heterocycles. The molecule has 2 aromatic rings. The lowest BCUT2D eigenvalue weighted by atomic mass is 9.75. The van der Waals surface area contributed by atoms with Crippen molar-refractivity contribution in [1.82, 2.24) is 5.32 Å². The summed E-state index contributed by atoms with van der Waals surface area (Å²) < 4.78 is 27.2. The van der Waals surface area contributed by atoms with Gasteiger partial charge in [-0.2, -0.15) is 5.26 Å². The van der Waals surface area contributed by atoms with Crippen molar-refractivity contribution in [2.45, 2.75) is 51.7 Å². The number of hydrogen-bond donors (Lipinski definition) is 2. The van der Waals surface area contributed by atoms with E-state index in [2.05, 4.69) is 10.3 Å². The van der Waals surface area contributed by atoms with Crippen molar-refractivity contribution in [3.05, 3.63) is 69.4 Å². The fourth-order valence-electron chi connectivity index (χ4n) is 4.98. The molecule has 0 aliphatic carbocycles. The smallest absolute Gasteiger partial charge is 0.337 e. The van der Waals surface area contributed by atoms with Crippen molar-refractivity contribution in [1.29, 1.82) is 5.26 Å². The molecule has 1 heterocycles. The van der Waals surface area contributed by atoms with Crippen LogP contribution in [0.5, 0.6) is 17.2 Å². The Kier molecular flexibility index (Phi) is 13.7. The molecule has 2 N–H and O–H groups in total. The zero-order chi connectivity index (χ0) is 34.5. The van der Waals surface area contributed by atoms with Crippen LogP contribution in [0, 0.1) is 27.4 Å². The molecule has 252 valence electrons. The van der Waals surface area contributed by atoms with Crippen LogP contribution in [0.1, 0.15) is 45.1 Å². The summed E-state index contributed by atoms with van der Waals surface area (Å²) in [7, 11) is 2.70. The van der Waals surface area contributed by atoms with Crippen LogP contribution in [-0.2, 0) is 19.1 Å². The maximum Gasteiger partial charge on any atom is 0.337 e. The number of nitriles is 1. The first kappa shape index (κ1) is 36.5. The lowest BCUT2D eigenvalue weighted by Gasteiger charge is -2.32. The van der Waals surface area contributed by atoms with Crippen molar-refractivity contribution < 1.29 is 43.3 Å². The van der Waals surface area contributed by atoms with E-state index in [-0.39, 0.29) is 47.2 Å². The first-order valence-corrected chi connectivity index (χ1v) is 15.1. The highest BCUT2D eigenvalue weighted by Crippen LogP contribution is 2.44. The van der Waals surface area contributed by atoms with Crippen LogP contribution in [0.4, 0.5) is 5.69 Å². The fraction of sp³-hybridized carbons (Fsp3) is 0.455. The predicted octanol–water partition coefficient (Wildman–Crippen LogP) is 3.87. The summed E-state index contributed by atoms with van der Waals surface area (Å²) in [6.45, 7) is 6.03. The molecule has 0 saturated carbocycles. The van der Waals surface area contributed by atoms with Gasteiger partial charge < -0.3 is 34.1 Å². The lowest BCUT2D eigenvalue weighted by Crippen LogP contribution is -2.37. The molecule has 1 aliphatic heterocycles. The van der Waals surface area contributed by atoms with Gasteiger partial charge in [-0.25, -0.2) is 9.79 Å². The van der Waals surface area contributed by atoms with E-state index in [1.54, 1.807) is 45.2 Å². The Hall–Kier alpha value is -5.00. The third-order valence-electron chi connectivity index (χ3n) is 7.18. The third-order valence-corrected chi connectivity index (χ3v) is 7.18. The van der Waals surface area contributed by atoms with E-state index in [9.17, 15) is 30.1 Å². The minimum absolute atomic E-state index is 0.109. The van der Waals surface area contributed by atoms with Crippen molar-refractivity contribution in [2.24, 2.45) is 10.9 Å². The third kappa shape index (κ3) is 9.99. The van der Waals surface area contributed by atoms with Crippen LogP contribution >= 0.6 is 0 Å². The number of unbranched alkanes of at least 4 members (excludes halogenated alkanes) is 1. The molecule has 47 heavy (non-hydrogen) atoms. The average Bonchev–Trinajstić information content (AvgIpc) is 3.05. The number of aliphatic imine (C=N–C) groups is 1. The zero-order valence-electron chi connectivity index (χ0n) is 27.1. The normalized spacial score (nSPS) is 16.5. The van der Waals surface area contributed by atoms with Crippen LogP contribution in [0.25, 0.3) is 0 Å². The minimum atomic E-state index is -1.21. The standard InChI is InChI=1S/C33H40N4O10/c1-20(2)47-33(40)29-21(3)36-27(17-34)31(32(39)44-5)30(29)26-16-22(37(41)42)8-13-28(26)45-15-7-6-14-35-18-23(38)19-46-25-11-9-24(43-4)10-12-25/h8-13,16,20,23,29-30,35,38H,6-7,14-15,18-19H2,1-5H3. The van der Waals surface area contributed by atoms with Gasteiger partial charge in [-0.1, -0.05) is 0 Å². The second-order valence-electron chi connectivity index (χ2n) is 10.9. The second-order valence-corrected chi connectivity index (χ2v) is 10.9. The van der Waals surface area contributed by atoms with Gasteiger partial charge in [-0.05, 0) is 70.5 Å². The molecule has 3 rings (SSSR count). The number of nitrogens with one attached hydrogen (secondary N) is 1. The number of esters is 2. The predicted molar refractivity (Wildman–Crippen MR) is 170 cm³/mol. The van der Waals surface area contributed by atoms with Gasteiger partial charge in [0.15, 0.2) is 5.70 Å². The van der Waals surface area contributed by atoms with Gasteiger partial charge in [0, 0.05) is 35.9 Å². The Labute approximate surface area is 273 Å². The highest BCUT2D eigenvalue weighted by atomic mass is 16.6. The number of allylic oxidation sites excluding steroid dienone is 1. The number of rotatable bonds is 17. The first-order valence-electron chi connectivity index (χ1n) is 15.1. The molecule has 0 fully saturated rings. The summed E-state index contributed by atoms with van der Waals surface area (Å²) in [5, 5.41) is 35.0. The number of non-ortho nitro benzene ring substituents is 1. The molecular formula is C33H40N4O10. The van der Waals surface area contributed by atoms with Crippen molar-refractivity contribution in [2.75, 3.05) is 40.5 Å². The monoisotopic (exact) mass is 652 g/mol. The number of carbonyl (C=O) groups is 2. The molecule has 0 radical (unpaired) electrons. The zero-order valence-corrected chi connectivity index (χ0v) is 27.1. The van der Waals surface area contributed by atoms with Gasteiger partial charge in [0.25, 0.3) is 5.69 Å². The Morgan fingerprint density at radius 3 is 2.43 bits per heavy atom. The minimum Gasteiger partial charge on any atom is -0.497 e. The van der Waals surface area contributed by atoms with E-state index >= 15 is 0 Å². The SMILES string of the molecule is COC(=O)C1=C(C#N)N=C(C)C(C(=O)OC(C)C)C1c1cc([N+](=O)[O-])ccc1OCCCCNCC(O)COc1ccc(OC)cc1. The summed E-state index contributed by atoms with van der Waals surface area (Å²) in [5.74, 6) is -2.51. The van der Waals surface area contributed by atoms with Crippen LogP contribution in [0.2, 0.25) is 0 Å². The quantitative estimate of drug-likeness (QED) is 0.109. The number of methoxy groups -OCH3 is 2. The number of ether oxygens (including phenoxy) is 5. The molecule has 0 amide bonds. The van der Waals surface area contributed by atoms with Gasteiger partial charge in [0.05, 0.1) is 37.4 Å². The maximum absolute atomic E-state index is 13.4. The number of nitro groups is 1. The maximum atomic E-state index is 13.4. The number of aliphatic hydroxyl groups excluding tert-OH is 1. The largest absolute Gasteiger partial charge is 0.497 e. The van der Waals surface area contributed by atoms with Crippen molar-refractivity contribution in [3.8, 4) is 23.3 Å². The summed E-state index contributed by atoms with van der Waals surface area (Å²) in [4.78, 5) is 41.7. The number of hydrogen-bond acceptors (Lipinski definition) is 13. The Bertz CT molecular complexity index is 1510. The first-order chi connectivity index (χ1) is 22.5. The summed E-state index contributed by atoms with van der Waals surface area (Å²) in [6.07, 6.45) is -0.00650. The van der Waals surface area contributed by atoms with E-state index in [4.69, 9.17) is 23.7 Å². The topological polar surface area (TPSA) is 192 Å². The Morgan fingerprint density at radius 2 is 1.81 bits per heavy atom. The molecule has 14 heteroatoms. The van der Waals surface area contributed by atoms with Crippen molar-refractivity contribution >= 4 is 23.3 Å². The lowest BCUT2D eigenvalue weighted by molar-refractivity contribution is -0.385. The molecule has 3 atom stereocenters. The molecule has 3 unspecified atom stereocenters. The van der Waals surface area contributed by atoms with Gasteiger partial charge in [0.2, 0.25) is 0 Å². The van der Waals surface area contributed by atoms with Crippen LogP contribution in [0.15, 0.2) is 58.7 Å². The van der Waals surface area contributed by atoms with Crippen molar-refractivity contribution in [3.63, 3.8) is 0 Å². The number of benzene rings is 2. The van der Waals surface area contributed by atoms with Crippen LogP contribution in [0.3, 0.4) is 0 Å². The summed E-state index contributed by atoms with van der Waals surface area (Å²) in [6, 6.07) is 12.8. The Morgan fingerprint density at radius 1 is 1.11 bits per heavy atom. The molecular weight excluding hydrogens is 612 g/mol. The van der Waals surface area contributed by atoms with Gasteiger partial charge >= 0.3 is 11.9 Å². The molecule has 2 aromatic carbocycles. The van der Waals surface area contributed by atoms with Gasteiger partial charge in [-0.3, -0.25) is 14.9 Å². The average molecular weight is 653 g/mol. The fourth-order valence-corrected chi connectivity index (χ4v) is 4.98. The van der Waals surface area contributed by atoms with Crippen LogP contribution < -0.4 is 19.5 Å². The number of nitro benzene ring substituents is 1. The summed E-state index contributed by atoms with van der Waals surface area (Å²) >= 11 is 0. The molecule has 1 aliphatic rings. The number of nitrogens with zero attached hydrogens (tertiary/aromatic N) is 3. The van der Waals surface area contributed by atoms with Gasteiger partial charge in [-0.15, -0.1) is 0 Å².